The lowest BCUT2D eigenvalue weighted by atomic mass is 9.89. The van der Waals surface area contributed by atoms with Crippen molar-refractivity contribution in [3.05, 3.63) is 0 Å². The maximum Gasteiger partial charge on any atom is -0.00463 e. The van der Waals surface area contributed by atoms with E-state index in [-0.39, 0.29) is 12.4 Å². The maximum absolute atomic E-state index is 5.66. The molecular formula is C9H20ClN. The second-order valence-corrected chi connectivity index (χ2v) is 3.45. The molecule has 1 aliphatic carbocycles. The Morgan fingerprint density at radius 2 is 1.91 bits per heavy atom. The molecule has 11 heavy (non-hydrogen) atoms. The van der Waals surface area contributed by atoms with E-state index in [0.29, 0.717) is 0 Å². The minimum Gasteiger partial charge on any atom is -0.330 e. The van der Waals surface area contributed by atoms with Gasteiger partial charge in [-0.2, -0.15) is 0 Å². The highest BCUT2D eigenvalue weighted by atomic mass is 35.5. The van der Waals surface area contributed by atoms with Crippen molar-refractivity contribution in [2.75, 3.05) is 6.54 Å². The molecule has 1 aliphatic rings. The van der Waals surface area contributed by atoms with Crippen molar-refractivity contribution in [3.63, 3.8) is 0 Å². The summed E-state index contributed by atoms with van der Waals surface area (Å²) in [6.07, 6.45) is 7.05. The first kappa shape index (κ1) is 11.2. The van der Waals surface area contributed by atoms with Crippen molar-refractivity contribution in [1.82, 2.24) is 0 Å². The van der Waals surface area contributed by atoms with Crippen LogP contribution in [0.25, 0.3) is 0 Å². The Bertz CT molecular complexity index is 85.6. The number of hydrogen-bond donors (Lipinski definition) is 1. The van der Waals surface area contributed by atoms with E-state index in [9.17, 15) is 0 Å². The fourth-order valence-corrected chi connectivity index (χ4v) is 2.12. The average molecular weight is 178 g/mol. The molecule has 0 aromatic heterocycles. The van der Waals surface area contributed by atoms with Gasteiger partial charge in [0.15, 0.2) is 0 Å². The molecule has 0 heterocycles. The van der Waals surface area contributed by atoms with Crippen LogP contribution < -0.4 is 5.73 Å². The van der Waals surface area contributed by atoms with Gasteiger partial charge in [0.25, 0.3) is 0 Å². The topological polar surface area (TPSA) is 26.0 Å². The lowest BCUT2D eigenvalue weighted by Gasteiger charge is -2.19. The third kappa shape index (κ3) is 3.00. The van der Waals surface area contributed by atoms with Crippen LogP contribution in [0.2, 0.25) is 0 Å². The molecule has 2 N–H and O–H groups in total. The van der Waals surface area contributed by atoms with Crippen molar-refractivity contribution < 1.29 is 0 Å². The first-order chi connectivity index (χ1) is 4.88. The standard InChI is InChI=1S/C9H19N.ClH/c1-2-8(7-10)9-5-3-4-6-9;/h8-9H,2-7,10H2,1H3;1H. The van der Waals surface area contributed by atoms with Gasteiger partial charge in [-0.3, -0.25) is 0 Å². The average Bonchev–Trinajstić information content (AvgIpc) is 2.43. The predicted octanol–water partition coefficient (Wildman–Crippen LogP) is 2.58. The molecule has 1 saturated carbocycles. The highest BCUT2D eigenvalue weighted by Crippen LogP contribution is 2.32. The lowest BCUT2D eigenvalue weighted by Crippen LogP contribution is -2.20. The zero-order valence-electron chi connectivity index (χ0n) is 7.38. The van der Waals surface area contributed by atoms with Crippen LogP contribution >= 0.6 is 12.4 Å². The zero-order chi connectivity index (χ0) is 7.40. The van der Waals surface area contributed by atoms with Crippen LogP contribution in [0.3, 0.4) is 0 Å². The van der Waals surface area contributed by atoms with E-state index >= 15 is 0 Å². The van der Waals surface area contributed by atoms with E-state index in [1.54, 1.807) is 0 Å². The summed E-state index contributed by atoms with van der Waals surface area (Å²) >= 11 is 0. The molecule has 0 aliphatic heterocycles. The fourth-order valence-electron chi connectivity index (χ4n) is 2.12. The van der Waals surface area contributed by atoms with Gasteiger partial charge in [0, 0.05) is 0 Å². The normalized spacial score (nSPS) is 21.3. The van der Waals surface area contributed by atoms with Crippen LogP contribution in [0.15, 0.2) is 0 Å². The van der Waals surface area contributed by atoms with Gasteiger partial charge in [0.05, 0.1) is 0 Å². The van der Waals surface area contributed by atoms with Crippen molar-refractivity contribution >= 4 is 12.4 Å². The van der Waals surface area contributed by atoms with Gasteiger partial charge in [-0.25, -0.2) is 0 Å². The molecule has 1 rings (SSSR count). The summed E-state index contributed by atoms with van der Waals surface area (Å²) in [6.45, 7) is 3.16. The molecule has 0 amide bonds. The van der Waals surface area contributed by atoms with Crippen molar-refractivity contribution in [1.29, 1.82) is 0 Å². The smallest absolute Gasteiger partial charge is 0.00463 e. The molecule has 1 fully saturated rings. The SMILES string of the molecule is CCC(CN)C1CCCC1.Cl. The monoisotopic (exact) mass is 177 g/mol. The second kappa shape index (κ2) is 5.84. The van der Waals surface area contributed by atoms with Gasteiger partial charge in [-0.1, -0.05) is 39.0 Å². The van der Waals surface area contributed by atoms with Gasteiger partial charge in [0.1, 0.15) is 0 Å². The van der Waals surface area contributed by atoms with Crippen LogP contribution in [0.5, 0.6) is 0 Å². The Morgan fingerprint density at radius 1 is 1.36 bits per heavy atom. The van der Waals surface area contributed by atoms with Crippen molar-refractivity contribution in [2.24, 2.45) is 17.6 Å². The maximum atomic E-state index is 5.66. The molecule has 1 unspecified atom stereocenters. The predicted molar refractivity (Wildman–Crippen MR) is 52.0 cm³/mol. The summed E-state index contributed by atoms with van der Waals surface area (Å²) < 4.78 is 0. The molecule has 68 valence electrons. The summed E-state index contributed by atoms with van der Waals surface area (Å²) in [4.78, 5) is 0. The molecule has 1 nitrogen and oxygen atoms in total. The largest absolute Gasteiger partial charge is 0.330 e. The molecule has 0 spiro atoms. The molecule has 1 atom stereocenters. The number of hydrogen-bond acceptors (Lipinski definition) is 1. The first-order valence-electron chi connectivity index (χ1n) is 4.58. The number of halogens is 1. The zero-order valence-corrected chi connectivity index (χ0v) is 8.20. The Morgan fingerprint density at radius 3 is 2.27 bits per heavy atom. The Labute approximate surface area is 76.1 Å². The summed E-state index contributed by atoms with van der Waals surface area (Å²) in [5.41, 5.74) is 5.66. The third-order valence-electron chi connectivity index (χ3n) is 2.89. The summed E-state index contributed by atoms with van der Waals surface area (Å²) in [5, 5.41) is 0. The highest BCUT2D eigenvalue weighted by Gasteiger charge is 2.21. The summed E-state index contributed by atoms with van der Waals surface area (Å²) in [6, 6.07) is 0. The Kier molecular flexibility index (Phi) is 5.98. The van der Waals surface area contributed by atoms with Gasteiger partial charge >= 0.3 is 0 Å². The molecule has 0 aromatic rings. The van der Waals surface area contributed by atoms with Crippen LogP contribution in [0, 0.1) is 11.8 Å². The van der Waals surface area contributed by atoms with Crippen LogP contribution in [0.1, 0.15) is 39.0 Å². The lowest BCUT2D eigenvalue weighted by molar-refractivity contribution is 0.337. The molecule has 2 heteroatoms. The van der Waals surface area contributed by atoms with Crippen LogP contribution in [-0.2, 0) is 0 Å². The molecular weight excluding hydrogens is 158 g/mol. The van der Waals surface area contributed by atoms with E-state index < -0.39 is 0 Å². The van der Waals surface area contributed by atoms with Gasteiger partial charge in [-0.05, 0) is 18.4 Å². The van der Waals surface area contributed by atoms with E-state index in [1.165, 1.54) is 32.1 Å². The van der Waals surface area contributed by atoms with Crippen LogP contribution in [-0.4, -0.2) is 6.54 Å². The summed E-state index contributed by atoms with van der Waals surface area (Å²) in [7, 11) is 0. The fraction of sp³-hybridized carbons (Fsp3) is 1.00. The number of nitrogens with two attached hydrogens (primary N) is 1. The molecule has 0 saturated heterocycles. The summed E-state index contributed by atoms with van der Waals surface area (Å²) in [5.74, 6) is 1.79. The van der Waals surface area contributed by atoms with E-state index in [2.05, 4.69) is 6.92 Å². The Hall–Kier alpha value is 0.250. The minimum absolute atomic E-state index is 0. The van der Waals surface area contributed by atoms with E-state index in [1.807, 2.05) is 0 Å². The highest BCUT2D eigenvalue weighted by molar-refractivity contribution is 5.85. The quantitative estimate of drug-likeness (QED) is 0.705. The molecule has 0 bridgehead atoms. The third-order valence-corrected chi connectivity index (χ3v) is 2.89. The van der Waals surface area contributed by atoms with Gasteiger partial charge in [-0.15, -0.1) is 12.4 Å². The minimum atomic E-state index is 0. The van der Waals surface area contributed by atoms with E-state index in [0.717, 1.165) is 18.4 Å². The van der Waals surface area contributed by atoms with Gasteiger partial charge < -0.3 is 5.73 Å². The first-order valence-corrected chi connectivity index (χ1v) is 4.58. The van der Waals surface area contributed by atoms with Crippen molar-refractivity contribution in [3.8, 4) is 0 Å². The molecule has 0 radical (unpaired) electrons. The van der Waals surface area contributed by atoms with E-state index in [4.69, 9.17) is 5.73 Å². The Balaban J connectivity index is 0.000001000. The van der Waals surface area contributed by atoms with Gasteiger partial charge in [0.2, 0.25) is 0 Å². The van der Waals surface area contributed by atoms with Crippen LogP contribution in [0.4, 0.5) is 0 Å². The molecule has 0 aromatic carbocycles. The second-order valence-electron chi connectivity index (χ2n) is 3.45. The van der Waals surface area contributed by atoms with Crippen molar-refractivity contribution in [2.45, 2.75) is 39.0 Å². The number of rotatable bonds is 3.